The molecule has 1 atom stereocenters. The van der Waals surface area contributed by atoms with E-state index < -0.39 is 6.03 Å². The number of imide groups is 1. The van der Waals surface area contributed by atoms with Crippen molar-refractivity contribution in [2.24, 2.45) is 0 Å². The first-order chi connectivity index (χ1) is 12.1. The molecule has 3 amide bonds. The predicted octanol–water partition coefficient (Wildman–Crippen LogP) is 2.08. The second kappa shape index (κ2) is 9.27. The van der Waals surface area contributed by atoms with Gasteiger partial charge in [-0.1, -0.05) is 13.0 Å². The Balaban J connectivity index is 2.02. The lowest BCUT2D eigenvalue weighted by molar-refractivity contribution is -0.121. The molecule has 1 saturated heterocycles. The maximum absolute atomic E-state index is 12.1. The zero-order valence-electron chi connectivity index (χ0n) is 15.1. The first-order valence-electron chi connectivity index (χ1n) is 8.62. The quantitative estimate of drug-likeness (QED) is 0.788. The molecule has 1 aromatic carbocycles. The van der Waals surface area contributed by atoms with Gasteiger partial charge >= 0.3 is 6.03 Å². The van der Waals surface area contributed by atoms with Crippen LogP contribution in [0.25, 0.3) is 0 Å². The molecular weight excluding hydrogens is 322 g/mol. The van der Waals surface area contributed by atoms with E-state index in [2.05, 4.69) is 15.5 Å². The molecule has 1 fully saturated rings. The molecule has 7 heteroatoms. The molecule has 0 saturated carbocycles. The summed E-state index contributed by atoms with van der Waals surface area (Å²) in [5, 5.41) is 5.02. The van der Waals surface area contributed by atoms with Gasteiger partial charge < -0.3 is 14.8 Å². The number of hydrogen-bond donors (Lipinski definition) is 2. The molecule has 1 heterocycles. The number of benzene rings is 1. The number of carbonyl (C=O) groups excluding carboxylic acids is 2. The van der Waals surface area contributed by atoms with Crippen LogP contribution in [0.2, 0.25) is 0 Å². The first kappa shape index (κ1) is 19.1. The number of methoxy groups -OCH3 is 2. The topological polar surface area (TPSA) is 79.9 Å². The number of hydrogen-bond acceptors (Lipinski definition) is 5. The zero-order chi connectivity index (χ0) is 18.2. The molecule has 0 aliphatic carbocycles. The van der Waals surface area contributed by atoms with Gasteiger partial charge in [-0.05, 0) is 31.9 Å². The SMILES string of the molecule is CCCNC(=O)NC(=O)CN1CCC[C@@H]1c1ccc(OC)cc1OC. The average molecular weight is 349 g/mol. The van der Waals surface area contributed by atoms with Crippen molar-refractivity contribution in [2.45, 2.75) is 32.2 Å². The molecule has 138 valence electrons. The minimum absolute atomic E-state index is 0.0882. The van der Waals surface area contributed by atoms with Gasteiger partial charge in [-0.15, -0.1) is 0 Å². The molecular formula is C18H27N3O4. The second-order valence-corrected chi connectivity index (χ2v) is 6.04. The van der Waals surface area contributed by atoms with Gasteiger partial charge in [-0.3, -0.25) is 15.0 Å². The van der Waals surface area contributed by atoms with E-state index in [0.717, 1.165) is 42.9 Å². The number of ether oxygens (including phenoxy) is 2. The fourth-order valence-electron chi connectivity index (χ4n) is 3.09. The lowest BCUT2D eigenvalue weighted by Crippen LogP contribution is -2.44. The van der Waals surface area contributed by atoms with E-state index >= 15 is 0 Å². The third-order valence-corrected chi connectivity index (χ3v) is 4.30. The lowest BCUT2D eigenvalue weighted by atomic mass is 10.0. The Morgan fingerprint density at radius 3 is 2.76 bits per heavy atom. The molecule has 0 aromatic heterocycles. The van der Waals surface area contributed by atoms with Crippen LogP contribution in [0.15, 0.2) is 18.2 Å². The number of nitrogens with zero attached hydrogens (tertiary/aromatic N) is 1. The van der Waals surface area contributed by atoms with E-state index in [1.54, 1.807) is 14.2 Å². The summed E-state index contributed by atoms with van der Waals surface area (Å²) in [7, 11) is 3.24. The molecule has 2 N–H and O–H groups in total. The molecule has 0 radical (unpaired) electrons. The fraction of sp³-hybridized carbons (Fsp3) is 0.556. The average Bonchev–Trinajstić information content (AvgIpc) is 3.06. The highest BCUT2D eigenvalue weighted by Gasteiger charge is 2.30. The van der Waals surface area contributed by atoms with Crippen LogP contribution in [0.5, 0.6) is 11.5 Å². The Morgan fingerprint density at radius 1 is 1.28 bits per heavy atom. The van der Waals surface area contributed by atoms with E-state index in [9.17, 15) is 9.59 Å². The van der Waals surface area contributed by atoms with Crippen molar-refractivity contribution in [1.82, 2.24) is 15.5 Å². The summed E-state index contributed by atoms with van der Waals surface area (Å²) in [6.07, 6.45) is 2.76. The van der Waals surface area contributed by atoms with Gasteiger partial charge in [-0.25, -0.2) is 4.79 Å². The molecule has 7 nitrogen and oxygen atoms in total. The van der Waals surface area contributed by atoms with Crippen molar-refractivity contribution in [3.8, 4) is 11.5 Å². The van der Waals surface area contributed by atoms with Crippen molar-refractivity contribution in [1.29, 1.82) is 0 Å². The van der Waals surface area contributed by atoms with Crippen LogP contribution in [0, 0.1) is 0 Å². The highest BCUT2D eigenvalue weighted by molar-refractivity contribution is 5.95. The third-order valence-electron chi connectivity index (χ3n) is 4.30. The Kier molecular flexibility index (Phi) is 7.06. The monoisotopic (exact) mass is 349 g/mol. The summed E-state index contributed by atoms with van der Waals surface area (Å²) < 4.78 is 10.7. The molecule has 1 aliphatic heterocycles. The Labute approximate surface area is 148 Å². The number of rotatable bonds is 7. The lowest BCUT2D eigenvalue weighted by Gasteiger charge is -2.25. The van der Waals surface area contributed by atoms with Crippen LogP contribution in [0.4, 0.5) is 4.79 Å². The van der Waals surface area contributed by atoms with Gasteiger partial charge in [0, 0.05) is 24.2 Å². The van der Waals surface area contributed by atoms with E-state index in [1.807, 2.05) is 25.1 Å². The normalized spacial score (nSPS) is 17.2. The highest BCUT2D eigenvalue weighted by Crippen LogP contribution is 2.38. The van der Waals surface area contributed by atoms with Crippen LogP contribution >= 0.6 is 0 Å². The standard InChI is InChI=1S/C18H27N3O4/c1-4-9-19-18(23)20-17(22)12-21-10-5-6-15(21)14-8-7-13(24-2)11-16(14)25-3/h7-8,11,15H,4-6,9-10,12H2,1-3H3,(H2,19,20,22,23)/t15-/m1/s1. The van der Waals surface area contributed by atoms with E-state index in [1.165, 1.54) is 0 Å². The Hall–Kier alpha value is -2.28. The third kappa shape index (κ3) is 5.09. The van der Waals surface area contributed by atoms with E-state index in [4.69, 9.17) is 9.47 Å². The summed E-state index contributed by atoms with van der Waals surface area (Å²) in [5.41, 5.74) is 1.03. The minimum atomic E-state index is -0.440. The Bertz CT molecular complexity index is 606. The van der Waals surface area contributed by atoms with Gasteiger partial charge in [0.25, 0.3) is 0 Å². The van der Waals surface area contributed by atoms with Gasteiger partial charge in [0.1, 0.15) is 11.5 Å². The second-order valence-electron chi connectivity index (χ2n) is 6.04. The molecule has 0 bridgehead atoms. The summed E-state index contributed by atoms with van der Waals surface area (Å²) >= 11 is 0. The molecule has 2 rings (SSSR count). The maximum Gasteiger partial charge on any atom is 0.321 e. The highest BCUT2D eigenvalue weighted by atomic mass is 16.5. The summed E-state index contributed by atoms with van der Waals surface area (Å²) in [5.74, 6) is 1.18. The van der Waals surface area contributed by atoms with Crippen molar-refractivity contribution in [2.75, 3.05) is 33.9 Å². The largest absolute Gasteiger partial charge is 0.497 e. The first-order valence-corrected chi connectivity index (χ1v) is 8.62. The predicted molar refractivity (Wildman–Crippen MR) is 94.9 cm³/mol. The molecule has 1 aromatic rings. The zero-order valence-corrected chi connectivity index (χ0v) is 15.1. The Morgan fingerprint density at radius 2 is 2.08 bits per heavy atom. The van der Waals surface area contributed by atoms with Gasteiger partial charge in [0.2, 0.25) is 5.91 Å². The van der Waals surface area contributed by atoms with Crippen molar-refractivity contribution in [3.63, 3.8) is 0 Å². The molecule has 0 spiro atoms. The van der Waals surface area contributed by atoms with Crippen LogP contribution in [-0.4, -0.2) is 50.7 Å². The van der Waals surface area contributed by atoms with Crippen molar-refractivity contribution < 1.29 is 19.1 Å². The number of nitrogens with one attached hydrogen (secondary N) is 2. The van der Waals surface area contributed by atoms with E-state index in [0.29, 0.717) is 6.54 Å². The summed E-state index contributed by atoms with van der Waals surface area (Å²) in [6.45, 7) is 3.50. The summed E-state index contributed by atoms with van der Waals surface area (Å²) in [6, 6.07) is 5.37. The maximum atomic E-state index is 12.1. The number of likely N-dealkylation sites (tertiary alicyclic amines) is 1. The molecule has 1 aliphatic rings. The molecule has 25 heavy (non-hydrogen) atoms. The van der Waals surface area contributed by atoms with E-state index in [-0.39, 0.29) is 18.5 Å². The van der Waals surface area contributed by atoms with Crippen LogP contribution in [0.1, 0.15) is 37.8 Å². The fourth-order valence-corrected chi connectivity index (χ4v) is 3.09. The van der Waals surface area contributed by atoms with Crippen molar-refractivity contribution >= 4 is 11.9 Å². The van der Waals surface area contributed by atoms with Crippen LogP contribution < -0.4 is 20.1 Å². The summed E-state index contributed by atoms with van der Waals surface area (Å²) in [4.78, 5) is 25.8. The smallest absolute Gasteiger partial charge is 0.321 e. The van der Waals surface area contributed by atoms with Crippen LogP contribution in [-0.2, 0) is 4.79 Å². The van der Waals surface area contributed by atoms with Gasteiger partial charge in [0.05, 0.1) is 20.8 Å². The van der Waals surface area contributed by atoms with Gasteiger partial charge in [0.15, 0.2) is 0 Å². The van der Waals surface area contributed by atoms with Gasteiger partial charge in [-0.2, -0.15) is 0 Å². The van der Waals surface area contributed by atoms with Crippen molar-refractivity contribution in [3.05, 3.63) is 23.8 Å². The minimum Gasteiger partial charge on any atom is -0.497 e. The van der Waals surface area contributed by atoms with Crippen LogP contribution in [0.3, 0.4) is 0 Å². The number of urea groups is 1. The number of amides is 3. The molecule has 0 unspecified atom stereocenters. The number of carbonyl (C=O) groups is 2.